The lowest BCUT2D eigenvalue weighted by Gasteiger charge is -2.33. The number of nitrogens with zero attached hydrogens (tertiary/aromatic N) is 2. The number of amides is 3. The van der Waals surface area contributed by atoms with Crippen LogP contribution in [0.1, 0.15) is 38.2 Å². The van der Waals surface area contributed by atoms with Crippen LogP contribution < -0.4 is 10.2 Å². The molecule has 1 saturated heterocycles. The lowest BCUT2D eigenvalue weighted by atomic mass is 9.77. The van der Waals surface area contributed by atoms with Gasteiger partial charge in [-0.2, -0.15) is 5.26 Å². The van der Waals surface area contributed by atoms with Crippen molar-refractivity contribution in [2.24, 2.45) is 5.92 Å². The average molecular weight is 283 g/mol. The van der Waals surface area contributed by atoms with E-state index in [1.807, 2.05) is 6.07 Å². The maximum absolute atomic E-state index is 12.7. The Morgan fingerprint density at radius 3 is 2.43 bits per heavy atom. The average Bonchev–Trinajstić information content (AvgIpc) is 2.74. The largest absolute Gasteiger partial charge is 0.329 e. The summed E-state index contributed by atoms with van der Waals surface area (Å²) in [5.41, 5.74) is 0.302. The molecule has 0 unspecified atom stereocenters. The first kappa shape index (κ1) is 13.6. The normalized spacial score (nSPS) is 28.6. The SMILES string of the molecule is CC1CCC2(CC1)NC(=O)N(c1ccc(C#N)cc1)C2=O. The molecule has 3 rings (SSSR count). The summed E-state index contributed by atoms with van der Waals surface area (Å²) in [4.78, 5) is 26.2. The van der Waals surface area contributed by atoms with Crippen LogP contribution in [-0.4, -0.2) is 17.5 Å². The van der Waals surface area contributed by atoms with Gasteiger partial charge in [-0.25, -0.2) is 9.69 Å². The smallest absolute Gasteiger partial charge is 0.323 e. The van der Waals surface area contributed by atoms with E-state index in [2.05, 4.69) is 12.2 Å². The Kier molecular flexibility index (Phi) is 3.17. The van der Waals surface area contributed by atoms with Crippen molar-refractivity contribution < 1.29 is 9.59 Å². The van der Waals surface area contributed by atoms with Crippen LogP contribution in [0.3, 0.4) is 0 Å². The number of urea groups is 1. The minimum Gasteiger partial charge on any atom is -0.323 e. The molecule has 1 saturated carbocycles. The molecule has 0 aromatic heterocycles. The molecule has 108 valence electrons. The van der Waals surface area contributed by atoms with Crippen LogP contribution in [0.4, 0.5) is 10.5 Å². The summed E-state index contributed by atoms with van der Waals surface area (Å²) in [5, 5.41) is 11.7. The minimum atomic E-state index is -0.725. The van der Waals surface area contributed by atoms with Crippen LogP contribution in [-0.2, 0) is 4.79 Å². The zero-order chi connectivity index (χ0) is 15.0. The van der Waals surface area contributed by atoms with Crippen molar-refractivity contribution in [2.45, 2.75) is 38.1 Å². The Morgan fingerprint density at radius 2 is 1.86 bits per heavy atom. The Bertz CT molecular complexity index is 622. The van der Waals surface area contributed by atoms with E-state index in [1.165, 1.54) is 4.90 Å². The van der Waals surface area contributed by atoms with E-state index in [0.717, 1.165) is 12.8 Å². The van der Waals surface area contributed by atoms with Crippen LogP contribution in [0.15, 0.2) is 24.3 Å². The highest BCUT2D eigenvalue weighted by molar-refractivity contribution is 6.23. The molecule has 21 heavy (non-hydrogen) atoms. The molecule has 5 heteroatoms. The van der Waals surface area contributed by atoms with E-state index < -0.39 is 5.54 Å². The zero-order valence-electron chi connectivity index (χ0n) is 11.9. The Hall–Kier alpha value is -2.35. The number of anilines is 1. The molecule has 1 spiro atoms. The molecular formula is C16H17N3O2. The summed E-state index contributed by atoms with van der Waals surface area (Å²) in [6.07, 6.45) is 3.30. The topological polar surface area (TPSA) is 73.2 Å². The first-order valence-corrected chi connectivity index (χ1v) is 7.22. The van der Waals surface area contributed by atoms with E-state index in [9.17, 15) is 9.59 Å². The van der Waals surface area contributed by atoms with E-state index in [0.29, 0.717) is 30.0 Å². The van der Waals surface area contributed by atoms with Crippen LogP contribution in [0.2, 0.25) is 0 Å². The fourth-order valence-corrected chi connectivity index (χ4v) is 3.13. The van der Waals surface area contributed by atoms with Gasteiger partial charge in [0.15, 0.2) is 0 Å². The molecule has 0 radical (unpaired) electrons. The Balaban J connectivity index is 1.88. The van der Waals surface area contributed by atoms with E-state index >= 15 is 0 Å². The van der Waals surface area contributed by atoms with Crippen molar-refractivity contribution in [2.75, 3.05) is 4.90 Å². The Labute approximate surface area is 123 Å². The number of benzene rings is 1. The lowest BCUT2D eigenvalue weighted by molar-refractivity contribution is -0.123. The molecule has 1 N–H and O–H groups in total. The molecule has 1 aromatic rings. The summed E-state index contributed by atoms with van der Waals surface area (Å²) in [6, 6.07) is 8.17. The van der Waals surface area contributed by atoms with Crippen molar-refractivity contribution in [1.29, 1.82) is 5.26 Å². The number of hydrogen-bond acceptors (Lipinski definition) is 3. The second-order valence-corrected chi connectivity index (χ2v) is 5.99. The van der Waals surface area contributed by atoms with E-state index in [-0.39, 0.29) is 11.9 Å². The molecule has 1 heterocycles. The van der Waals surface area contributed by atoms with Crippen LogP contribution in [0.25, 0.3) is 0 Å². The van der Waals surface area contributed by atoms with Gasteiger partial charge in [0.05, 0.1) is 17.3 Å². The number of carbonyl (C=O) groups is 2. The summed E-state index contributed by atoms with van der Waals surface area (Å²) in [5.74, 6) is 0.438. The van der Waals surface area contributed by atoms with Gasteiger partial charge in [0.1, 0.15) is 5.54 Å². The third-order valence-electron chi connectivity index (χ3n) is 4.54. The number of hydrogen-bond donors (Lipinski definition) is 1. The highest BCUT2D eigenvalue weighted by Crippen LogP contribution is 2.37. The Morgan fingerprint density at radius 1 is 1.24 bits per heavy atom. The summed E-state index contributed by atoms with van der Waals surface area (Å²) >= 11 is 0. The quantitative estimate of drug-likeness (QED) is 0.805. The van der Waals surface area contributed by atoms with Gasteiger partial charge >= 0.3 is 6.03 Å². The standard InChI is InChI=1S/C16H17N3O2/c1-11-6-8-16(9-7-11)14(20)19(15(21)18-16)13-4-2-12(10-17)3-5-13/h2-5,11H,6-9H2,1H3,(H,18,21). The van der Waals surface area contributed by atoms with Gasteiger partial charge in [0.25, 0.3) is 5.91 Å². The van der Waals surface area contributed by atoms with Gasteiger partial charge in [0.2, 0.25) is 0 Å². The number of imide groups is 1. The maximum atomic E-state index is 12.7. The molecule has 3 amide bonds. The van der Waals surface area contributed by atoms with Crippen LogP contribution in [0, 0.1) is 17.2 Å². The molecule has 1 aliphatic carbocycles. The van der Waals surface area contributed by atoms with Gasteiger partial charge in [0, 0.05) is 0 Å². The highest BCUT2D eigenvalue weighted by Gasteiger charge is 2.52. The number of carbonyl (C=O) groups excluding carboxylic acids is 2. The number of nitriles is 1. The zero-order valence-corrected chi connectivity index (χ0v) is 11.9. The predicted octanol–water partition coefficient (Wildman–Crippen LogP) is 2.56. The van der Waals surface area contributed by atoms with Gasteiger partial charge in [-0.3, -0.25) is 4.79 Å². The molecule has 2 fully saturated rings. The fraction of sp³-hybridized carbons (Fsp3) is 0.438. The van der Waals surface area contributed by atoms with Crippen molar-refractivity contribution in [3.8, 4) is 6.07 Å². The van der Waals surface area contributed by atoms with Crippen molar-refractivity contribution in [1.82, 2.24) is 5.32 Å². The van der Waals surface area contributed by atoms with Crippen LogP contribution >= 0.6 is 0 Å². The van der Waals surface area contributed by atoms with Crippen molar-refractivity contribution in [3.63, 3.8) is 0 Å². The minimum absolute atomic E-state index is 0.163. The molecule has 5 nitrogen and oxygen atoms in total. The first-order valence-electron chi connectivity index (χ1n) is 7.22. The number of rotatable bonds is 1. The molecule has 1 aromatic carbocycles. The third-order valence-corrected chi connectivity index (χ3v) is 4.54. The molecule has 0 bridgehead atoms. The van der Waals surface area contributed by atoms with Crippen molar-refractivity contribution >= 4 is 17.6 Å². The number of nitrogens with one attached hydrogen (secondary N) is 1. The maximum Gasteiger partial charge on any atom is 0.329 e. The molecular weight excluding hydrogens is 266 g/mol. The van der Waals surface area contributed by atoms with E-state index in [1.54, 1.807) is 24.3 Å². The van der Waals surface area contributed by atoms with Crippen LogP contribution in [0.5, 0.6) is 0 Å². The molecule has 0 atom stereocenters. The summed E-state index contributed by atoms with van der Waals surface area (Å²) in [6.45, 7) is 2.17. The van der Waals surface area contributed by atoms with Gasteiger partial charge in [-0.1, -0.05) is 6.92 Å². The third kappa shape index (κ3) is 2.17. The monoisotopic (exact) mass is 283 g/mol. The van der Waals surface area contributed by atoms with Gasteiger partial charge in [-0.15, -0.1) is 0 Å². The molecule has 2 aliphatic rings. The second kappa shape index (κ2) is 4.88. The highest BCUT2D eigenvalue weighted by atomic mass is 16.2. The predicted molar refractivity (Wildman–Crippen MR) is 77.5 cm³/mol. The van der Waals surface area contributed by atoms with Gasteiger partial charge in [-0.05, 0) is 55.9 Å². The summed E-state index contributed by atoms with van der Waals surface area (Å²) in [7, 11) is 0. The van der Waals surface area contributed by atoms with Crippen molar-refractivity contribution in [3.05, 3.63) is 29.8 Å². The lowest BCUT2D eigenvalue weighted by Crippen LogP contribution is -2.49. The first-order chi connectivity index (χ1) is 10.1. The van der Waals surface area contributed by atoms with E-state index in [4.69, 9.17) is 5.26 Å². The van der Waals surface area contributed by atoms with Gasteiger partial charge < -0.3 is 5.32 Å². The molecule has 1 aliphatic heterocycles. The fourth-order valence-electron chi connectivity index (χ4n) is 3.13. The second-order valence-electron chi connectivity index (χ2n) is 5.99. The summed E-state index contributed by atoms with van der Waals surface area (Å²) < 4.78 is 0.